The van der Waals surface area contributed by atoms with Crippen molar-refractivity contribution in [2.45, 2.75) is 6.85 Å². The first kappa shape index (κ1) is 16.0. The summed E-state index contributed by atoms with van der Waals surface area (Å²) in [7, 11) is 0. The van der Waals surface area contributed by atoms with Crippen molar-refractivity contribution >= 4 is 31.5 Å². The number of nitrogens with zero attached hydrogens (tertiary/aromatic N) is 1. The van der Waals surface area contributed by atoms with E-state index < -0.39 is 6.85 Å². The van der Waals surface area contributed by atoms with Crippen molar-refractivity contribution in [3.8, 4) is 33.5 Å². The molecule has 0 fully saturated rings. The third kappa shape index (κ3) is 3.21. The molecule has 2 aromatic heterocycles. The fourth-order valence-electron chi connectivity index (χ4n) is 4.26. The molecule has 6 rings (SSSR count). The van der Waals surface area contributed by atoms with Crippen LogP contribution in [0.5, 0.6) is 0 Å². The summed E-state index contributed by atoms with van der Waals surface area (Å²) >= 11 is 1.73. The summed E-state index contributed by atoms with van der Waals surface area (Å²) in [5.74, 6) is 0. The highest BCUT2D eigenvalue weighted by Gasteiger charge is 2.13. The zero-order valence-electron chi connectivity index (χ0n) is 20.2. The van der Waals surface area contributed by atoms with Crippen molar-refractivity contribution in [2.24, 2.45) is 0 Å². The number of aromatic nitrogens is 1. The summed E-state index contributed by atoms with van der Waals surface area (Å²) in [5, 5.41) is 2.36. The molecule has 0 spiro atoms. The number of fused-ring (bicyclic) bond motifs is 3. The van der Waals surface area contributed by atoms with E-state index in [-0.39, 0.29) is 0 Å². The van der Waals surface area contributed by atoms with E-state index in [0.717, 1.165) is 21.2 Å². The summed E-state index contributed by atoms with van der Waals surface area (Å²) in [4.78, 5) is 4.74. The Hall–Kier alpha value is -3.75. The van der Waals surface area contributed by atoms with Gasteiger partial charge in [-0.05, 0) is 41.2 Å². The number of pyridine rings is 1. The van der Waals surface area contributed by atoms with Gasteiger partial charge >= 0.3 is 0 Å². The fraction of sp³-hybridized carbons (Fsp3) is 0.0333. The summed E-state index contributed by atoms with van der Waals surface area (Å²) < 4.78 is 26.9. The first-order valence-electron chi connectivity index (χ1n) is 12.1. The van der Waals surface area contributed by atoms with Crippen LogP contribution < -0.4 is 0 Å². The zero-order valence-corrected chi connectivity index (χ0v) is 18.1. The van der Waals surface area contributed by atoms with Crippen LogP contribution in [0.15, 0.2) is 109 Å². The van der Waals surface area contributed by atoms with E-state index in [1.54, 1.807) is 23.6 Å². The Kier molecular flexibility index (Phi) is 3.86. The van der Waals surface area contributed by atoms with Gasteiger partial charge in [0.1, 0.15) is 0 Å². The lowest BCUT2D eigenvalue weighted by atomic mass is 9.99. The van der Waals surface area contributed by atoms with Gasteiger partial charge in [0.2, 0.25) is 0 Å². The summed E-state index contributed by atoms with van der Waals surface area (Å²) in [6, 6.07) is 34.5. The van der Waals surface area contributed by atoms with Crippen LogP contribution in [0.25, 0.3) is 53.7 Å². The molecule has 152 valence electrons. The van der Waals surface area contributed by atoms with Crippen molar-refractivity contribution < 1.29 is 4.11 Å². The number of hydrogen-bond donors (Lipinski definition) is 0. The van der Waals surface area contributed by atoms with E-state index in [2.05, 4.69) is 48.5 Å². The van der Waals surface area contributed by atoms with Crippen LogP contribution in [0.3, 0.4) is 0 Å². The predicted octanol–water partition coefficient (Wildman–Crippen LogP) is 8.76. The summed E-state index contributed by atoms with van der Waals surface area (Å²) in [6.45, 7) is -2.25. The average molecular weight is 431 g/mol. The monoisotopic (exact) mass is 430 g/mol. The highest BCUT2D eigenvalue weighted by atomic mass is 32.1. The second-order valence-corrected chi connectivity index (χ2v) is 8.89. The molecule has 32 heavy (non-hydrogen) atoms. The Morgan fingerprint density at radius 3 is 2.22 bits per heavy atom. The largest absolute Gasteiger partial charge is 0.256 e. The SMILES string of the molecule is [2H]C([2H])([2H])c1cc(-c2cccc3c2sc2cc(-c4ccccc4)ccc23)ncc1-c1ccccc1. The highest BCUT2D eigenvalue weighted by Crippen LogP contribution is 2.41. The van der Waals surface area contributed by atoms with Gasteiger partial charge in [-0.25, -0.2) is 0 Å². The van der Waals surface area contributed by atoms with Crippen LogP contribution in [0.4, 0.5) is 0 Å². The maximum atomic E-state index is 8.19. The molecule has 0 atom stereocenters. The predicted molar refractivity (Wildman–Crippen MR) is 138 cm³/mol. The molecule has 0 aliphatic heterocycles. The van der Waals surface area contributed by atoms with Gasteiger partial charge < -0.3 is 0 Å². The molecule has 0 N–H and O–H groups in total. The number of thiophene rings is 1. The van der Waals surface area contributed by atoms with Crippen LogP contribution >= 0.6 is 11.3 Å². The lowest BCUT2D eigenvalue weighted by molar-refractivity contribution is 1.29. The normalized spacial score (nSPS) is 13.1. The van der Waals surface area contributed by atoms with Crippen molar-refractivity contribution in [2.75, 3.05) is 0 Å². The Balaban J connectivity index is 1.53. The first-order valence-corrected chi connectivity index (χ1v) is 11.4. The second kappa shape index (κ2) is 7.74. The quantitative estimate of drug-likeness (QED) is 0.273. The zero-order chi connectivity index (χ0) is 24.0. The molecular formula is C30H21NS. The molecule has 0 aliphatic carbocycles. The molecular weight excluding hydrogens is 406 g/mol. The highest BCUT2D eigenvalue weighted by molar-refractivity contribution is 7.26. The molecule has 0 radical (unpaired) electrons. The summed E-state index contributed by atoms with van der Waals surface area (Å²) in [5.41, 5.74) is 5.81. The van der Waals surface area contributed by atoms with Gasteiger partial charge in [-0.3, -0.25) is 4.98 Å². The van der Waals surface area contributed by atoms with Gasteiger partial charge in [0, 0.05) is 41.6 Å². The van der Waals surface area contributed by atoms with E-state index in [1.165, 1.54) is 21.2 Å². The van der Waals surface area contributed by atoms with E-state index in [0.29, 0.717) is 16.8 Å². The van der Waals surface area contributed by atoms with Crippen molar-refractivity contribution in [3.63, 3.8) is 0 Å². The van der Waals surface area contributed by atoms with Crippen LogP contribution in [0, 0.1) is 6.85 Å². The van der Waals surface area contributed by atoms with E-state index in [4.69, 9.17) is 9.10 Å². The Morgan fingerprint density at radius 2 is 1.44 bits per heavy atom. The minimum atomic E-state index is -2.25. The van der Waals surface area contributed by atoms with Gasteiger partial charge in [0.25, 0.3) is 0 Å². The smallest absolute Gasteiger partial charge is 0.0719 e. The second-order valence-electron chi connectivity index (χ2n) is 7.84. The molecule has 0 saturated carbocycles. The van der Waals surface area contributed by atoms with Crippen LogP contribution in [0.2, 0.25) is 0 Å². The average Bonchev–Trinajstić information content (AvgIpc) is 3.27. The van der Waals surface area contributed by atoms with Crippen molar-refractivity contribution in [3.05, 3.63) is 115 Å². The lowest BCUT2D eigenvalue weighted by Gasteiger charge is -2.09. The van der Waals surface area contributed by atoms with Gasteiger partial charge in [0.05, 0.1) is 5.69 Å². The topological polar surface area (TPSA) is 12.9 Å². The van der Waals surface area contributed by atoms with Gasteiger partial charge in [-0.2, -0.15) is 0 Å². The molecule has 0 aliphatic rings. The molecule has 0 bridgehead atoms. The summed E-state index contributed by atoms with van der Waals surface area (Å²) in [6.07, 6.45) is 1.70. The molecule has 2 heterocycles. The molecule has 0 amide bonds. The Morgan fingerprint density at radius 1 is 0.656 bits per heavy atom. The molecule has 0 unspecified atom stereocenters. The van der Waals surface area contributed by atoms with Crippen molar-refractivity contribution in [1.29, 1.82) is 0 Å². The van der Waals surface area contributed by atoms with Crippen LogP contribution in [-0.4, -0.2) is 4.98 Å². The van der Waals surface area contributed by atoms with Crippen LogP contribution in [0.1, 0.15) is 9.68 Å². The van der Waals surface area contributed by atoms with Gasteiger partial charge in [-0.1, -0.05) is 91.0 Å². The number of rotatable bonds is 3. The minimum absolute atomic E-state index is 0.318. The third-order valence-corrected chi connectivity index (χ3v) is 7.07. The Bertz CT molecular complexity index is 1670. The molecule has 0 saturated heterocycles. The van der Waals surface area contributed by atoms with Gasteiger partial charge in [-0.15, -0.1) is 11.3 Å². The fourth-order valence-corrected chi connectivity index (χ4v) is 5.52. The lowest BCUT2D eigenvalue weighted by Crippen LogP contribution is -1.89. The number of benzene rings is 4. The maximum absolute atomic E-state index is 8.19. The number of hydrogen-bond acceptors (Lipinski definition) is 2. The molecule has 1 nitrogen and oxygen atoms in total. The standard InChI is InChI=1S/C30H21NS/c1-20-17-28(31-19-27(20)22-11-6-3-7-12-22)26-14-8-13-25-24-16-15-23(18-29(24)32-30(25)26)21-9-4-2-5-10-21/h2-19H,1H3/i1D3. The van der Waals surface area contributed by atoms with Gasteiger partial charge in [0.15, 0.2) is 0 Å². The first-order chi connectivity index (χ1) is 17.0. The third-order valence-electron chi connectivity index (χ3n) is 5.87. The van der Waals surface area contributed by atoms with E-state index in [9.17, 15) is 0 Å². The minimum Gasteiger partial charge on any atom is -0.256 e. The number of aryl methyl sites for hydroxylation is 1. The van der Waals surface area contributed by atoms with E-state index >= 15 is 0 Å². The van der Waals surface area contributed by atoms with Crippen molar-refractivity contribution in [1.82, 2.24) is 4.98 Å². The molecule has 6 aromatic rings. The Labute approximate surface area is 195 Å². The van der Waals surface area contributed by atoms with Crippen LogP contribution in [-0.2, 0) is 0 Å². The molecule has 4 aromatic carbocycles. The molecule has 2 heteroatoms. The van der Waals surface area contributed by atoms with E-state index in [1.807, 2.05) is 48.5 Å². The maximum Gasteiger partial charge on any atom is 0.0719 e.